The first-order valence-corrected chi connectivity index (χ1v) is 7.52. The van der Waals surface area contributed by atoms with Gasteiger partial charge < -0.3 is 9.84 Å². The fraction of sp³-hybridized carbons (Fsp3) is 0.143. The van der Waals surface area contributed by atoms with Crippen molar-refractivity contribution in [2.24, 2.45) is 0 Å². The molecule has 0 saturated heterocycles. The van der Waals surface area contributed by atoms with Gasteiger partial charge in [-0.1, -0.05) is 15.9 Å². The van der Waals surface area contributed by atoms with Crippen LogP contribution < -0.4 is 4.74 Å². The zero-order valence-corrected chi connectivity index (χ0v) is 13.1. The van der Waals surface area contributed by atoms with Crippen LogP contribution in [0.5, 0.6) is 5.75 Å². The molecule has 2 aromatic rings. The van der Waals surface area contributed by atoms with E-state index in [2.05, 4.69) is 20.9 Å². The third-order valence-electron chi connectivity index (χ3n) is 2.61. The molecule has 0 radical (unpaired) electrons. The summed E-state index contributed by atoms with van der Waals surface area (Å²) in [6.07, 6.45) is 1.37. The number of pyridine rings is 1. The molecule has 0 amide bonds. The number of carboxylic acids is 1. The Morgan fingerprint density at radius 2 is 2.20 bits per heavy atom. The Balaban J connectivity index is 2.06. The topological polar surface area (TPSA) is 59.4 Å². The minimum absolute atomic E-state index is 0.192. The number of hydrogen-bond donors (Lipinski definition) is 1. The van der Waals surface area contributed by atoms with Crippen molar-refractivity contribution in [3.63, 3.8) is 0 Å². The Morgan fingerprint density at radius 1 is 1.40 bits per heavy atom. The van der Waals surface area contributed by atoms with Crippen molar-refractivity contribution >= 4 is 33.7 Å². The molecule has 1 aromatic heterocycles. The lowest BCUT2D eigenvalue weighted by molar-refractivity contribution is 0.0696. The highest BCUT2D eigenvalue weighted by molar-refractivity contribution is 9.10. The van der Waals surface area contributed by atoms with Crippen molar-refractivity contribution in [3.05, 3.63) is 52.1 Å². The molecule has 0 saturated carbocycles. The molecular formula is C14H12BrNO3S. The average molecular weight is 354 g/mol. The lowest BCUT2D eigenvalue weighted by Crippen LogP contribution is -1.96. The summed E-state index contributed by atoms with van der Waals surface area (Å²) in [5.41, 5.74) is 1.29. The number of hydrogen-bond acceptors (Lipinski definition) is 4. The largest absolute Gasteiger partial charge is 0.497 e. The molecule has 0 spiro atoms. The van der Waals surface area contributed by atoms with Crippen LogP contribution in [0, 0.1) is 0 Å². The summed E-state index contributed by atoms with van der Waals surface area (Å²) in [5.74, 6) is 0.555. The maximum atomic E-state index is 10.7. The first-order chi connectivity index (χ1) is 9.60. The molecular weight excluding hydrogens is 342 g/mol. The number of methoxy groups -OCH3 is 1. The molecule has 0 unspecified atom stereocenters. The van der Waals surface area contributed by atoms with Crippen LogP contribution in [0.25, 0.3) is 0 Å². The van der Waals surface area contributed by atoms with Crippen LogP contribution in [0.2, 0.25) is 0 Å². The number of aromatic carboxylic acids is 1. The SMILES string of the molecule is COc1ccc(Br)c(CSc2ccc(C(=O)O)cn2)c1. The average Bonchev–Trinajstić information content (AvgIpc) is 2.47. The van der Waals surface area contributed by atoms with Crippen molar-refractivity contribution in [2.75, 3.05) is 7.11 Å². The van der Waals surface area contributed by atoms with Gasteiger partial charge in [0.2, 0.25) is 0 Å². The predicted octanol–water partition coefficient (Wildman–Crippen LogP) is 3.84. The van der Waals surface area contributed by atoms with Gasteiger partial charge in [-0.05, 0) is 35.9 Å². The molecule has 1 heterocycles. The Hall–Kier alpha value is -1.53. The summed E-state index contributed by atoms with van der Waals surface area (Å²) in [7, 11) is 1.63. The fourth-order valence-corrected chi connectivity index (χ4v) is 2.94. The zero-order valence-electron chi connectivity index (χ0n) is 10.7. The van der Waals surface area contributed by atoms with Crippen LogP contribution in [-0.4, -0.2) is 23.2 Å². The van der Waals surface area contributed by atoms with Crippen molar-refractivity contribution in [1.82, 2.24) is 4.98 Å². The van der Waals surface area contributed by atoms with Crippen molar-refractivity contribution in [2.45, 2.75) is 10.8 Å². The summed E-state index contributed by atoms with van der Waals surface area (Å²) < 4.78 is 6.20. The number of thioether (sulfide) groups is 1. The van der Waals surface area contributed by atoms with E-state index in [1.54, 1.807) is 19.2 Å². The number of nitrogens with zero attached hydrogens (tertiary/aromatic N) is 1. The van der Waals surface area contributed by atoms with Crippen molar-refractivity contribution in [3.8, 4) is 5.75 Å². The summed E-state index contributed by atoms with van der Waals surface area (Å²) in [6.45, 7) is 0. The highest BCUT2D eigenvalue weighted by Gasteiger charge is 2.06. The maximum Gasteiger partial charge on any atom is 0.337 e. The zero-order chi connectivity index (χ0) is 14.5. The Bertz CT molecular complexity index is 616. The van der Waals surface area contributed by atoms with Crippen LogP contribution in [-0.2, 0) is 5.75 Å². The second-order valence-electron chi connectivity index (χ2n) is 3.94. The number of carboxylic acid groups (broad SMARTS) is 1. The van der Waals surface area contributed by atoms with E-state index in [9.17, 15) is 4.79 Å². The standard InChI is InChI=1S/C14H12BrNO3S/c1-19-11-3-4-12(15)10(6-11)8-20-13-5-2-9(7-16-13)14(17)18/h2-7H,8H2,1H3,(H,17,18). The number of ether oxygens (including phenoxy) is 1. The quantitative estimate of drug-likeness (QED) is 0.827. The Labute approximate surface area is 129 Å². The summed E-state index contributed by atoms with van der Waals surface area (Å²) in [6, 6.07) is 9.05. The first kappa shape index (κ1) is 14.9. The summed E-state index contributed by atoms with van der Waals surface area (Å²) in [4.78, 5) is 14.9. The number of aromatic nitrogens is 1. The van der Waals surface area contributed by atoms with Gasteiger partial charge in [0, 0.05) is 16.4 Å². The first-order valence-electron chi connectivity index (χ1n) is 5.74. The second kappa shape index (κ2) is 6.76. The third kappa shape index (κ3) is 3.74. The second-order valence-corrected chi connectivity index (χ2v) is 5.79. The monoisotopic (exact) mass is 353 g/mol. The molecule has 0 bridgehead atoms. The van der Waals surface area contributed by atoms with E-state index < -0.39 is 5.97 Å². The summed E-state index contributed by atoms with van der Waals surface area (Å²) in [5, 5.41) is 9.59. The summed E-state index contributed by atoms with van der Waals surface area (Å²) >= 11 is 5.03. The maximum absolute atomic E-state index is 10.7. The number of carbonyl (C=O) groups is 1. The van der Waals surface area contributed by atoms with Gasteiger partial charge in [-0.3, -0.25) is 0 Å². The van der Waals surface area contributed by atoms with Crippen LogP contribution in [0.4, 0.5) is 0 Å². The molecule has 0 aliphatic carbocycles. The number of halogens is 1. The molecule has 0 aliphatic rings. The number of rotatable bonds is 5. The van der Waals surface area contributed by atoms with Gasteiger partial charge in [0.05, 0.1) is 17.7 Å². The molecule has 1 aromatic carbocycles. The molecule has 1 N–H and O–H groups in total. The minimum Gasteiger partial charge on any atom is -0.497 e. The molecule has 6 heteroatoms. The lowest BCUT2D eigenvalue weighted by atomic mass is 10.2. The van der Waals surface area contributed by atoms with Gasteiger partial charge in [-0.2, -0.15) is 0 Å². The molecule has 0 atom stereocenters. The van der Waals surface area contributed by atoms with E-state index in [0.717, 1.165) is 26.6 Å². The van der Waals surface area contributed by atoms with E-state index in [-0.39, 0.29) is 5.56 Å². The van der Waals surface area contributed by atoms with Gasteiger partial charge in [0.1, 0.15) is 5.75 Å². The van der Waals surface area contributed by atoms with E-state index in [4.69, 9.17) is 9.84 Å². The van der Waals surface area contributed by atoms with Crippen molar-refractivity contribution in [1.29, 1.82) is 0 Å². The third-order valence-corrected chi connectivity index (χ3v) is 4.38. The highest BCUT2D eigenvalue weighted by atomic mass is 79.9. The lowest BCUT2D eigenvalue weighted by Gasteiger charge is -2.07. The smallest absolute Gasteiger partial charge is 0.337 e. The minimum atomic E-state index is -0.968. The van der Waals surface area contributed by atoms with Gasteiger partial charge in [-0.15, -0.1) is 11.8 Å². The molecule has 2 rings (SSSR count). The van der Waals surface area contributed by atoms with Gasteiger partial charge >= 0.3 is 5.97 Å². The number of benzene rings is 1. The van der Waals surface area contributed by atoms with Gasteiger partial charge in [0.25, 0.3) is 0 Å². The van der Waals surface area contributed by atoms with Crippen molar-refractivity contribution < 1.29 is 14.6 Å². The Kier molecular flexibility index (Phi) is 5.03. The molecule has 20 heavy (non-hydrogen) atoms. The normalized spacial score (nSPS) is 10.3. The van der Waals surface area contributed by atoms with Crippen LogP contribution in [0.15, 0.2) is 46.0 Å². The molecule has 0 fully saturated rings. The molecule has 104 valence electrons. The van der Waals surface area contributed by atoms with Crippen LogP contribution in [0.1, 0.15) is 15.9 Å². The van der Waals surface area contributed by atoms with Gasteiger partial charge in [-0.25, -0.2) is 9.78 Å². The van der Waals surface area contributed by atoms with Crippen LogP contribution in [0.3, 0.4) is 0 Å². The van der Waals surface area contributed by atoms with E-state index in [1.807, 2.05) is 18.2 Å². The predicted molar refractivity (Wildman–Crippen MR) is 81.5 cm³/mol. The van der Waals surface area contributed by atoms with Crippen LogP contribution >= 0.6 is 27.7 Å². The van der Waals surface area contributed by atoms with Gasteiger partial charge in [0.15, 0.2) is 0 Å². The highest BCUT2D eigenvalue weighted by Crippen LogP contribution is 2.28. The fourth-order valence-electron chi connectivity index (χ4n) is 1.53. The van der Waals surface area contributed by atoms with E-state index >= 15 is 0 Å². The Morgan fingerprint density at radius 3 is 2.80 bits per heavy atom. The molecule has 0 aliphatic heterocycles. The van der Waals surface area contributed by atoms with E-state index in [0.29, 0.717) is 0 Å². The molecule has 4 nitrogen and oxygen atoms in total. The van der Waals surface area contributed by atoms with E-state index in [1.165, 1.54) is 18.0 Å².